The zero-order chi connectivity index (χ0) is 17.4. The van der Waals surface area contributed by atoms with Crippen LogP contribution in [-0.4, -0.2) is 21.9 Å². The van der Waals surface area contributed by atoms with Crippen LogP contribution in [0.5, 0.6) is 5.75 Å². The van der Waals surface area contributed by atoms with Gasteiger partial charge in [-0.05, 0) is 36.4 Å². The Morgan fingerprint density at radius 3 is 2.96 bits per heavy atom. The van der Waals surface area contributed by atoms with Crippen LogP contribution in [0, 0.1) is 5.82 Å². The largest absolute Gasteiger partial charge is 0.497 e. The highest BCUT2D eigenvalue weighted by molar-refractivity contribution is 9.10. The fraction of sp³-hybridized carbons (Fsp3) is 0.111. The van der Waals surface area contributed by atoms with Crippen molar-refractivity contribution in [3.8, 4) is 5.75 Å². The van der Waals surface area contributed by atoms with Crippen LogP contribution < -0.4 is 10.1 Å². The monoisotopic (exact) mass is 400 g/mol. The molecule has 1 aromatic heterocycles. The fourth-order valence-corrected chi connectivity index (χ4v) is 3.23. The number of hydrogen-bond acceptors (Lipinski definition) is 4. The third kappa shape index (κ3) is 2.91. The summed E-state index contributed by atoms with van der Waals surface area (Å²) in [4.78, 5) is 4.24. The summed E-state index contributed by atoms with van der Waals surface area (Å²) in [6, 6.07) is 12.1. The third-order valence-electron chi connectivity index (χ3n) is 4.06. The second-order valence-corrected chi connectivity index (χ2v) is 6.49. The number of methoxy groups -OCH3 is 1. The topological polar surface area (TPSA) is 52.0 Å². The van der Waals surface area contributed by atoms with Crippen molar-refractivity contribution in [2.24, 2.45) is 0 Å². The first-order valence-electron chi connectivity index (χ1n) is 7.63. The van der Waals surface area contributed by atoms with E-state index in [2.05, 4.69) is 31.3 Å². The van der Waals surface area contributed by atoms with Gasteiger partial charge in [0.05, 0.1) is 7.11 Å². The molecule has 0 radical (unpaired) electrons. The van der Waals surface area contributed by atoms with E-state index in [1.54, 1.807) is 23.9 Å². The lowest BCUT2D eigenvalue weighted by Crippen LogP contribution is -2.21. The summed E-state index contributed by atoms with van der Waals surface area (Å²) in [6.07, 6.45) is 3.38. The molecule has 3 aromatic rings. The molecule has 126 valence electrons. The molecule has 1 unspecified atom stereocenters. The van der Waals surface area contributed by atoms with Gasteiger partial charge in [-0.2, -0.15) is 10.1 Å². The maximum absolute atomic E-state index is 14.5. The summed E-state index contributed by atoms with van der Waals surface area (Å²) in [7, 11) is 1.62. The summed E-state index contributed by atoms with van der Waals surface area (Å²) < 4.78 is 22.2. The number of allylic oxidation sites excluding steroid dienone is 1. The molecule has 0 saturated heterocycles. The smallest absolute Gasteiger partial charge is 0.226 e. The van der Waals surface area contributed by atoms with E-state index in [4.69, 9.17) is 4.74 Å². The lowest BCUT2D eigenvalue weighted by molar-refractivity contribution is 0.414. The molecule has 25 heavy (non-hydrogen) atoms. The van der Waals surface area contributed by atoms with Gasteiger partial charge < -0.3 is 10.1 Å². The highest BCUT2D eigenvalue weighted by Crippen LogP contribution is 2.34. The number of nitrogens with one attached hydrogen (secondary N) is 1. The number of anilines is 1. The lowest BCUT2D eigenvalue weighted by Gasteiger charge is -2.25. The third-order valence-corrected chi connectivity index (χ3v) is 4.56. The van der Waals surface area contributed by atoms with Gasteiger partial charge in [0, 0.05) is 21.3 Å². The number of benzene rings is 2. The molecule has 2 aromatic carbocycles. The number of fused-ring (bicyclic) bond motifs is 1. The molecule has 0 amide bonds. The van der Waals surface area contributed by atoms with Gasteiger partial charge in [0.2, 0.25) is 5.95 Å². The molecule has 0 fully saturated rings. The zero-order valence-corrected chi connectivity index (χ0v) is 14.9. The normalized spacial score (nSPS) is 16.0. The Bertz CT molecular complexity index is 969. The van der Waals surface area contributed by atoms with Crippen molar-refractivity contribution in [3.63, 3.8) is 0 Å². The minimum atomic E-state index is -0.405. The van der Waals surface area contributed by atoms with Crippen LogP contribution in [0.3, 0.4) is 0 Å². The Morgan fingerprint density at radius 1 is 1.24 bits per heavy atom. The van der Waals surface area contributed by atoms with Gasteiger partial charge in [0.1, 0.15) is 23.9 Å². The van der Waals surface area contributed by atoms with Crippen molar-refractivity contribution in [2.45, 2.75) is 6.04 Å². The van der Waals surface area contributed by atoms with E-state index in [9.17, 15) is 4.39 Å². The van der Waals surface area contributed by atoms with Gasteiger partial charge in [0.15, 0.2) is 0 Å². The number of hydrogen-bond donors (Lipinski definition) is 1. The van der Waals surface area contributed by atoms with Crippen molar-refractivity contribution in [3.05, 3.63) is 76.3 Å². The van der Waals surface area contributed by atoms with Crippen LogP contribution in [0.15, 0.2) is 59.3 Å². The van der Waals surface area contributed by atoms with E-state index < -0.39 is 6.04 Å². The van der Waals surface area contributed by atoms with Crippen LogP contribution in [-0.2, 0) is 0 Å². The SMILES string of the molecule is COc1cccc(C2=CC(c3cc(Br)ccc3F)n3ncnc3N2)c1. The van der Waals surface area contributed by atoms with Crippen molar-refractivity contribution in [1.82, 2.24) is 14.8 Å². The molecule has 1 N–H and O–H groups in total. The maximum atomic E-state index is 14.5. The standard InChI is InChI=1S/C18H14BrFN4O/c1-25-13-4-2-3-11(7-13)16-9-17(24-18(23-16)21-10-22-24)14-8-12(19)5-6-15(14)20/h2-10,17H,1H3,(H,21,22,23). The minimum Gasteiger partial charge on any atom is -0.497 e. The predicted octanol–water partition coefficient (Wildman–Crippen LogP) is 4.24. The van der Waals surface area contributed by atoms with E-state index in [1.807, 2.05) is 30.3 Å². The summed E-state index contributed by atoms with van der Waals surface area (Å²) >= 11 is 3.41. The van der Waals surface area contributed by atoms with Gasteiger partial charge in [-0.3, -0.25) is 0 Å². The maximum Gasteiger partial charge on any atom is 0.226 e. The van der Waals surface area contributed by atoms with E-state index in [0.717, 1.165) is 21.5 Å². The van der Waals surface area contributed by atoms with E-state index in [1.165, 1.54) is 12.4 Å². The van der Waals surface area contributed by atoms with Crippen molar-refractivity contribution in [2.75, 3.05) is 12.4 Å². The molecular formula is C18H14BrFN4O. The zero-order valence-electron chi connectivity index (χ0n) is 13.3. The quantitative estimate of drug-likeness (QED) is 0.713. The molecule has 1 aliphatic rings. The Kier molecular flexibility index (Phi) is 4.01. The number of halogens is 2. The van der Waals surface area contributed by atoms with Crippen molar-refractivity contribution >= 4 is 27.6 Å². The van der Waals surface area contributed by atoms with Crippen LogP contribution >= 0.6 is 15.9 Å². The number of rotatable bonds is 3. The summed E-state index contributed by atoms with van der Waals surface area (Å²) in [6.45, 7) is 0. The van der Waals surface area contributed by atoms with Gasteiger partial charge in [-0.1, -0.05) is 28.1 Å². The molecule has 4 rings (SSSR count). The molecule has 0 bridgehead atoms. The van der Waals surface area contributed by atoms with Crippen molar-refractivity contribution < 1.29 is 9.13 Å². The average molecular weight is 401 g/mol. The minimum absolute atomic E-state index is 0.294. The Labute approximate surface area is 152 Å². The molecule has 5 nitrogen and oxygen atoms in total. The number of ether oxygens (including phenoxy) is 1. The van der Waals surface area contributed by atoms with Crippen LogP contribution in [0.2, 0.25) is 0 Å². The fourth-order valence-electron chi connectivity index (χ4n) is 2.86. The molecule has 0 spiro atoms. The highest BCUT2D eigenvalue weighted by Gasteiger charge is 2.25. The summed E-state index contributed by atoms with van der Waals surface area (Å²) in [5, 5.41) is 7.48. The van der Waals surface area contributed by atoms with Gasteiger partial charge in [-0.15, -0.1) is 0 Å². The van der Waals surface area contributed by atoms with Crippen molar-refractivity contribution in [1.29, 1.82) is 0 Å². The summed E-state index contributed by atoms with van der Waals surface area (Å²) in [5.74, 6) is 1.01. The second kappa shape index (κ2) is 6.33. The Balaban J connectivity index is 1.84. The first kappa shape index (κ1) is 15.8. The molecular weight excluding hydrogens is 387 g/mol. The predicted molar refractivity (Wildman–Crippen MR) is 96.9 cm³/mol. The van der Waals surface area contributed by atoms with Crippen LogP contribution in [0.25, 0.3) is 5.70 Å². The number of aromatic nitrogens is 3. The first-order valence-corrected chi connectivity index (χ1v) is 8.43. The molecule has 0 saturated carbocycles. The van der Waals surface area contributed by atoms with E-state index in [0.29, 0.717) is 11.5 Å². The van der Waals surface area contributed by atoms with Crippen LogP contribution in [0.4, 0.5) is 10.3 Å². The van der Waals surface area contributed by atoms with Gasteiger partial charge in [0.25, 0.3) is 0 Å². The molecule has 1 aliphatic heterocycles. The Morgan fingerprint density at radius 2 is 2.12 bits per heavy atom. The van der Waals surface area contributed by atoms with E-state index in [-0.39, 0.29) is 5.82 Å². The molecule has 0 aliphatic carbocycles. The van der Waals surface area contributed by atoms with Crippen LogP contribution in [0.1, 0.15) is 17.2 Å². The number of nitrogens with zero attached hydrogens (tertiary/aromatic N) is 3. The van der Waals surface area contributed by atoms with Gasteiger partial charge >= 0.3 is 0 Å². The molecule has 1 atom stereocenters. The van der Waals surface area contributed by atoms with E-state index >= 15 is 0 Å². The second-order valence-electron chi connectivity index (χ2n) is 5.58. The molecule has 2 heterocycles. The first-order chi connectivity index (χ1) is 12.2. The summed E-state index contributed by atoms with van der Waals surface area (Å²) in [5.41, 5.74) is 2.26. The highest BCUT2D eigenvalue weighted by atomic mass is 79.9. The van der Waals surface area contributed by atoms with Gasteiger partial charge in [-0.25, -0.2) is 9.07 Å². The average Bonchev–Trinajstić information content (AvgIpc) is 3.11. The Hall–Kier alpha value is -2.67. The molecule has 7 heteroatoms. The lowest BCUT2D eigenvalue weighted by atomic mass is 10.0.